The number of nitrogens with zero attached hydrogens (tertiary/aromatic N) is 2. The van der Waals surface area contributed by atoms with Crippen LogP contribution in [0.3, 0.4) is 0 Å². The third kappa shape index (κ3) is 5.98. The van der Waals surface area contributed by atoms with Crippen molar-refractivity contribution in [2.75, 3.05) is 9.80 Å². The van der Waals surface area contributed by atoms with Crippen molar-refractivity contribution < 1.29 is 4.42 Å². The van der Waals surface area contributed by atoms with Gasteiger partial charge in [0, 0.05) is 45.0 Å². The molecule has 10 aromatic rings. The first kappa shape index (κ1) is 32.3. The average molecular weight is 705 g/mol. The number of hydrogen-bond donors (Lipinski definition) is 0. The summed E-state index contributed by atoms with van der Waals surface area (Å²) in [6.45, 7) is 0. The molecule has 0 atom stereocenters. The first-order valence-electron chi connectivity index (χ1n) is 18.7. The van der Waals surface area contributed by atoms with Crippen molar-refractivity contribution >= 4 is 66.8 Å². The van der Waals surface area contributed by atoms with Gasteiger partial charge < -0.3 is 14.2 Å². The van der Waals surface area contributed by atoms with E-state index < -0.39 is 0 Å². The zero-order valence-electron chi connectivity index (χ0n) is 30.1. The van der Waals surface area contributed by atoms with Crippen LogP contribution in [0.25, 0.3) is 55.0 Å². The minimum Gasteiger partial charge on any atom is -0.455 e. The Morgan fingerprint density at radius 3 is 1.24 bits per heavy atom. The SMILES string of the molecule is c1ccc(-c2ccc(N(c3ccccc3)c3cc4oc5c6ccccc6ccc5c4cc3N(c3ccccc3)c3ccc(-c4ccccc4)cc3)cc2)cc1. The maximum absolute atomic E-state index is 6.87. The minimum absolute atomic E-state index is 0.833. The van der Waals surface area contributed by atoms with Gasteiger partial charge >= 0.3 is 0 Å². The van der Waals surface area contributed by atoms with Crippen LogP contribution < -0.4 is 9.80 Å². The molecule has 10 rings (SSSR count). The van der Waals surface area contributed by atoms with Crippen molar-refractivity contribution in [2.24, 2.45) is 0 Å². The Bertz CT molecular complexity index is 2890. The topological polar surface area (TPSA) is 19.6 Å². The molecule has 0 spiro atoms. The second-order valence-corrected chi connectivity index (χ2v) is 13.8. The number of para-hydroxylation sites is 2. The van der Waals surface area contributed by atoms with Crippen LogP contribution >= 0.6 is 0 Å². The van der Waals surface area contributed by atoms with E-state index in [4.69, 9.17) is 4.42 Å². The van der Waals surface area contributed by atoms with Gasteiger partial charge in [-0.05, 0) is 88.3 Å². The van der Waals surface area contributed by atoms with Crippen LogP contribution in [0.2, 0.25) is 0 Å². The minimum atomic E-state index is 0.833. The van der Waals surface area contributed by atoms with E-state index in [-0.39, 0.29) is 0 Å². The van der Waals surface area contributed by atoms with Crippen LogP contribution in [-0.4, -0.2) is 0 Å². The van der Waals surface area contributed by atoms with E-state index in [2.05, 4.69) is 228 Å². The Morgan fingerprint density at radius 1 is 0.291 bits per heavy atom. The Hall–Kier alpha value is -7.36. The molecular formula is C52H36N2O. The zero-order chi connectivity index (χ0) is 36.6. The van der Waals surface area contributed by atoms with Gasteiger partial charge in [0.25, 0.3) is 0 Å². The highest BCUT2D eigenvalue weighted by atomic mass is 16.3. The molecule has 3 nitrogen and oxygen atoms in total. The van der Waals surface area contributed by atoms with Crippen LogP contribution in [0.1, 0.15) is 0 Å². The molecule has 55 heavy (non-hydrogen) atoms. The van der Waals surface area contributed by atoms with E-state index in [9.17, 15) is 0 Å². The number of furan rings is 1. The number of benzene rings is 9. The van der Waals surface area contributed by atoms with Gasteiger partial charge in [0.15, 0.2) is 0 Å². The Morgan fingerprint density at radius 2 is 0.709 bits per heavy atom. The lowest BCUT2D eigenvalue weighted by molar-refractivity contribution is 0.672. The highest BCUT2D eigenvalue weighted by Gasteiger charge is 2.25. The van der Waals surface area contributed by atoms with Gasteiger partial charge in [0.05, 0.1) is 11.4 Å². The molecule has 0 unspecified atom stereocenters. The summed E-state index contributed by atoms with van der Waals surface area (Å²) in [6.07, 6.45) is 0. The molecule has 9 aromatic carbocycles. The second kappa shape index (κ2) is 13.9. The third-order valence-corrected chi connectivity index (χ3v) is 10.4. The van der Waals surface area contributed by atoms with Gasteiger partial charge in [0.1, 0.15) is 11.2 Å². The number of anilines is 6. The van der Waals surface area contributed by atoms with E-state index in [1.54, 1.807) is 0 Å². The largest absolute Gasteiger partial charge is 0.455 e. The summed E-state index contributed by atoms with van der Waals surface area (Å²) in [5.74, 6) is 0. The van der Waals surface area contributed by atoms with Gasteiger partial charge in [-0.2, -0.15) is 0 Å². The molecule has 0 saturated carbocycles. The van der Waals surface area contributed by atoms with Crippen molar-refractivity contribution in [3.05, 3.63) is 218 Å². The maximum Gasteiger partial charge on any atom is 0.143 e. The number of rotatable bonds is 8. The lowest BCUT2D eigenvalue weighted by Crippen LogP contribution is -2.17. The summed E-state index contributed by atoms with van der Waals surface area (Å²) in [6, 6.07) is 77.5. The van der Waals surface area contributed by atoms with Gasteiger partial charge in [-0.15, -0.1) is 0 Å². The molecular weight excluding hydrogens is 669 g/mol. The summed E-state index contributed by atoms with van der Waals surface area (Å²) in [4.78, 5) is 4.72. The van der Waals surface area contributed by atoms with Crippen LogP contribution in [0.15, 0.2) is 223 Å². The quantitative estimate of drug-likeness (QED) is 0.157. The van der Waals surface area contributed by atoms with E-state index in [1.165, 1.54) is 22.3 Å². The molecule has 0 bridgehead atoms. The normalized spacial score (nSPS) is 11.3. The zero-order valence-corrected chi connectivity index (χ0v) is 30.1. The molecule has 0 aliphatic rings. The van der Waals surface area contributed by atoms with Crippen LogP contribution in [0.5, 0.6) is 0 Å². The van der Waals surface area contributed by atoms with E-state index in [1.807, 2.05) is 0 Å². The van der Waals surface area contributed by atoms with Crippen molar-refractivity contribution in [1.82, 2.24) is 0 Å². The van der Waals surface area contributed by atoms with Crippen molar-refractivity contribution in [3.8, 4) is 22.3 Å². The first-order valence-corrected chi connectivity index (χ1v) is 18.7. The number of fused-ring (bicyclic) bond motifs is 5. The fraction of sp³-hybridized carbons (Fsp3) is 0. The predicted octanol–water partition coefficient (Wildman–Crippen LogP) is 15.0. The van der Waals surface area contributed by atoms with Crippen molar-refractivity contribution in [1.29, 1.82) is 0 Å². The van der Waals surface area contributed by atoms with Gasteiger partial charge in [-0.3, -0.25) is 0 Å². The molecule has 0 fully saturated rings. The first-order chi connectivity index (χ1) is 27.3. The second-order valence-electron chi connectivity index (χ2n) is 13.8. The van der Waals surface area contributed by atoms with Gasteiger partial charge in [-0.25, -0.2) is 0 Å². The fourth-order valence-electron chi connectivity index (χ4n) is 7.76. The number of hydrogen-bond acceptors (Lipinski definition) is 3. The van der Waals surface area contributed by atoms with Crippen LogP contribution in [0.4, 0.5) is 34.1 Å². The molecule has 3 heteroatoms. The smallest absolute Gasteiger partial charge is 0.143 e. The molecule has 0 amide bonds. The Balaban J connectivity index is 1.25. The Kier molecular flexibility index (Phi) is 8.16. The molecule has 0 radical (unpaired) electrons. The van der Waals surface area contributed by atoms with Gasteiger partial charge in [-0.1, -0.05) is 152 Å². The van der Waals surface area contributed by atoms with E-state index in [0.29, 0.717) is 0 Å². The molecule has 1 aromatic heterocycles. The Labute approximate surface area is 320 Å². The molecule has 0 N–H and O–H groups in total. The molecule has 260 valence electrons. The van der Waals surface area contributed by atoms with Crippen molar-refractivity contribution in [2.45, 2.75) is 0 Å². The lowest BCUT2D eigenvalue weighted by atomic mass is 10.0. The molecule has 1 heterocycles. The van der Waals surface area contributed by atoms with Crippen LogP contribution in [-0.2, 0) is 0 Å². The summed E-state index contributed by atoms with van der Waals surface area (Å²) in [5.41, 5.74) is 12.7. The monoisotopic (exact) mass is 704 g/mol. The summed E-state index contributed by atoms with van der Waals surface area (Å²) < 4.78 is 6.87. The molecule has 0 aliphatic heterocycles. The fourth-order valence-corrected chi connectivity index (χ4v) is 7.76. The molecule has 0 aliphatic carbocycles. The van der Waals surface area contributed by atoms with E-state index >= 15 is 0 Å². The predicted molar refractivity (Wildman–Crippen MR) is 231 cm³/mol. The summed E-state index contributed by atoms with van der Waals surface area (Å²) in [5, 5.41) is 4.41. The lowest BCUT2D eigenvalue weighted by Gasteiger charge is -2.33. The third-order valence-electron chi connectivity index (χ3n) is 10.4. The maximum atomic E-state index is 6.87. The van der Waals surface area contributed by atoms with E-state index in [0.717, 1.165) is 66.8 Å². The highest BCUT2D eigenvalue weighted by molar-refractivity contribution is 6.17. The summed E-state index contributed by atoms with van der Waals surface area (Å²) in [7, 11) is 0. The van der Waals surface area contributed by atoms with Crippen molar-refractivity contribution in [3.63, 3.8) is 0 Å². The standard InChI is InChI=1S/C52H36N2O/c1-5-15-37(16-6-1)39-25-30-44(31-26-39)53(42-20-9-3-10-21-42)49-35-48-47-34-29-41-19-13-14-24-46(41)52(47)55-51(48)36-50(49)54(43-22-11-4-12-23-43)45-32-27-40(28-33-45)38-17-7-2-8-18-38/h1-36H. The average Bonchev–Trinajstić information content (AvgIpc) is 3.64. The molecule has 0 saturated heterocycles. The van der Waals surface area contributed by atoms with Gasteiger partial charge in [0.2, 0.25) is 0 Å². The highest BCUT2D eigenvalue weighted by Crippen LogP contribution is 2.49. The van der Waals surface area contributed by atoms with Crippen LogP contribution in [0, 0.1) is 0 Å². The summed E-state index contributed by atoms with van der Waals surface area (Å²) >= 11 is 0.